The summed E-state index contributed by atoms with van der Waals surface area (Å²) < 4.78 is 0. The van der Waals surface area contributed by atoms with E-state index in [2.05, 4.69) is 46.5 Å². The molecular formula is C28H24N8S. The lowest BCUT2D eigenvalue weighted by atomic mass is 10.2. The molecular weight excluding hydrogens is 480 g/mol. The van der Waals surface area contributed by atoms with Crippen LogP contribution in [0.3, 0.4) is 0 Å². The van der Waals surface area contributed by atoms with Crippen LogP contribution in [0.2, 0.25) is 0 Å². The Hall–Kier alpha value is -4.55. The number of rotatable bonds is 7. The maximum Gasteiger partial charge on any atom is 0.187 e. The van der Waals surface area contributed by atoms with Crippen LogP contribution in [0, 0.1) is 13.5 Å². The van der Waals surface area contributed by atoms with Crippen molar-refractivity contribution < 1.29 is 0 Å². The van der Waals surface area contributed by atoms with Gasteiger partial charge in [-0.3, -0.25) is 0 Å². The largest absolute Gasteiger partial charge is 0.363 e. The summed E-state index contributed by atoms with van der Waals surface area (Å²) in [6.45, 7) is 11.2. The first kappa shape index (κ1) is 24.2. The fourth-order valence-electron chi connectivity index (χ4n) is 3.81. The van der Waals surface area contributed by atoms with Gasteiger partial charge < -0.3 is 4.90 Å². The maximum atomic E-state index is 7.00. The normalized spacial score (nSPS) is 13.8. The van der Waals surface area contributed by atoms with E-state index in [0.29, 0.717) is 17.1 Å². The molecule has 1 aliphatic heterocycles. The first-order valence-corrected chi connectivity index (χ1v) is 12.8. The minimum Gasteiger partial charge on any atom is -0.363 e. The molecule has 4 aromatic rings. The van der Waals surface area contributed by atoms with Gasteiger partial charge in [-0.05, 0) is 92.1 Å². The predicted octanol–water partition coefficient (Wildman–Crippen LogP) is 10.5. The molecule has 0 atom stereocenters. The minimum atomic E-state index is 0.577. The SMILES string of the molecule is [C-]#[N+]c1ccc(N=Nc2ccc(N=Nc3ccc(N=Nc4ccc(N5CCCC5)s4)cc3C)cc2)cc1. The lowest BCUT2D eigenvalue weighted by molar-refractivity contribution is 0.949. The van der Waals surface area contributed by atoms with Gasteiger partial charge in [0.2, 0.25) is 0 Å². The van der Waals surface area contributed by atoms with E-state index in [1.54, 1.807) is 35.6 Å². The Kier molecular flexibility index (Phi) is 7.48. The zero-order chi connectivity index (χ0) is 25.5. The van der Waals surface area contributed by atoms with Crippen LogP contribution in [-0.2, 0) is 0 Å². The molecule has 2 heterocycles. The van der Waals surface area contributed by atoms with Crippen LogP contribution in [0.5, 0.6) is 0 Å². The van der Waals surface area contributed by atoms with E-state index in [9.17, 15) is 0 Å². The van der Waals surface area contributed by atoms with Crippen molar-refractivity contribution in [3.8, 4) is 0 Å². The van der Waals surface area contributed by atoms with Crippen molar-refractivity contribution in [2.45, 2.75) is 19.8 Å². The molecule has 0 aliphatic carbocycles. The Balaban J connectivity index is 1.19. The molecule has 0 N–H and O–H groups in total. The highest BCUT2D eigenvalue weighted by Crippen LogP contribution is 2.35. The number of azo groups is 3. The van der Waals surface area contributed by atoms with Crippen LogP contribution in [0.4, 0.5) is 44.1 Å². The second-order valence-corrected chi connectivity index (χ2v) is 9.56. The Morgan fingerprint density at radius 2 is 1.24 bits per heavy atom. The van der Waals surface area contributed by atoms with Crippen LogP contribution < -0.4 is 4.90 Å². The summed E-state index contributed by atoms with van der Waals surface area (Å²) in [4.78, 5) is 5.78. The number of hydrogen-bond donors (Lipinski definition) is 0. The highest BCUT2D eigenvalue weighted by atomic mass is 32.1. The molecule has 37 heavy (non-hydrogen) atoms. The van der Waals surface area contributed by atoms with Crippen LogP contribution in [0.15, 0.2) is 110 Å². The molecule has 9 heteroatoms. The van der Waals surface area contributed by atoms with Crippen molar-refractivity contribution in [3.63, 3.8) is 0 Å². The van der Waals surface area contributed by atoms with Gasteiger partial charge in [0.25, 0.3) is 0 Å². The van der Waals surface area contributed by atoms with Gasteiger partial charge in [-0.2, -0.15) is 20.5 Å². The summed E-state index contributed by atoms with van der Waals surface area (Å²) >= 11 is 1.68. The molecule has 0 unspecified atom stereocenters. The highest BCUT2D eigenvalue weighted by Gasteiger charge is 2.14. The lowest BCUT2D eigenvalue weighted by Crippen LogP contribution is -2.15. The summed E-state index contributed by atoms with van der Waals surface area (Å²) in [5.41, 5.74) is 5.22. The van der Waals surface area contributed by atoms with E-state index >= 15 is 0 Å². The summed E-state index contributed by atoms with van der Waals surface area (Å²) in [5, 5.41) is 28.2. The Labute approximate surface area is 219 Å². The molecule has 0 saturated carbocycles. The highest BCUT2D eigenvalue weighted by molar-refractivity contribution is 7.19. The number of benzene rings is 3. The third kappa shape index (κ3) is 6.37. The minimum absolute atomic E-state index is 0.577. The first-order valence-electron chi connectivity index (χ1n) is 11.9. The van der Waals surface area contributed by atoms with Crippen molar-refractivity contribution >= 4 is 55.5 Å². The van der Waals surface area contributed by atoms with Gasteiger partial charge in [-0.25, -0.2) is 4.85 Å². The molecule has 1 aromatic heterocycles. The number of nitrogens with zero attached hydrogens (tertiary/aromatic N) is 8. The van der Waals surface area contributed by atoms with Crippen LogP contribution >= 0.6 is 11.3 Å². The van der Waals surface area contributed by atoms with E-state index in [1.807, 2.05) is 55.5 Å². The van der Waals surface area contributed by atoms with E-state index in [4.69, 9.17) is 6.57 Å². The summed E-state index contributed by atoms with van der Waals surface area (Å²) in [6.07, 6.45) is 2.52. The Bertz CT molecular complexity index is 1490. The number of hydrogen-bond acceptors (Lipinski definition) is 8. The fourth-order valence-corrected chi connectivity index (χ4v) is 4.69. The molecule has 0 amide bonds. The van der Waals surface area contributed by atoms with Crippen molar-refractivity contribution in [2.24, 2.45) is 30.7 Å². The van der Waals surface area contributed by atoms with Crippen LogP contribution in [0.25, 0.3) is 4.85 Å². The average molecular weight is 505 g/mol. The smallest absolute Gasteiger partial charge is 0.187 e. The predicted molar refractivity (Wildman–Crippen MR) is 149 cm³/mol. The molecule has 0 radical (unpaired) electrons. The number of anilines is 1. The molecule has 1 saturated heterocycles. The quantitative estimate of drug-likeness (QED) is 0.182. The van der Waals surface area contributed by atoms with Crippen molar-refractivity contribution in [2.75, 3.05) is 18.0 Å². The number of aryl methyl sites for hydroxylation is 1. The zero-order valence-electron chi connectivity index (χ0n) is 20.3. The average Bonchev–Trinajstić information content (AvgIpc) is 3.64. The van der Waals surface area contributed by atoms with Gasteiger partial charge in [-0.15, -0.1) is 10.2 Å². The fraction of sp³-hybridized carbons (Fsp3) is 0.179. The van der Waals surface area contributed by atoms with Gasteiger partial charge >= 0.3 is 0 Å². The van der Waals surface area contributed by atoms with Crippen LogP contribution in [0.1, 0.15) is 18.4 Å². The first-order chi connectivity index (χ1) is 18.2. The van der Waals surface area contributed by atoms with Crippen molar-refractivity contribution in [3.05, 3.63) is 95.8 Å². The third-order valence-corrected chi connectivity index (χ3v) is 6.85. The molecule has 1 fully saturated rings. The molecule has 8 nitrogen and oxygen atoms in total. The van der Waals surface area contributed by atoms with E-state index in [-0.39, 0.29) is 0 Å². The molecule has 5 rings (SSSR count). The topological polar surface area (TPSA) is 81.8 Å². The number of thiophene rings is 1. The molecule has 1 aliphatic rings. The van der Waals surface area contributed by atoms with Gasteiger partial charge in [0.05, 0.1) is 40.0 Å². The third-order valence-electron chi connectivity index (χ3n) is 5.82. The van der Waals surface area contributed by atoms with E-state index < -0.39 is 0 Å². The summed E-state index contributed by atoms with van der Waals surface area (Å²) in [5.74, 6) is 0. The molecule has 0 spiro atoms. The van der Waals surface area contributed by atoms with Crippen molar-refractivity contribution in [1.82, 2.24) is 0 Å². The van der Waals surface area contributed by atoms with E-state index in [1.165, 1.54) is 17.8 Å². The van der Waals surface area contributed by atoms with Crippen molar-refractivity contribution in [1.29, 1.82) is 0 Å². The molecule has 0 bridgehead atoms. The molecule has 3 aromatic carbocycles. The standard InChI is InChI=1S/C28H24N8S/c1-20-19-25(33-35-27-15-16-28(37-27)36-17-3-4-18-36)13-14-26(20)34-32-24-11-9-23(10-12-24)31-30-22-7-5-21(29-2)6-8-22/h5-16,19H,3-4,17-18H2,1H3. The molecule has 182 valence electrons. The van der Waals surface area contributed by atoms with Gasteiger partial charge in [0.1, 0.15) is 5.00 Å². The Morgan fingerprint density at radius 1 is 0.676 bits per heavy atom. The lowest BCUT2D eigenvalue weighted by Gasteiger charge is -2.13. The summed E-state index contributed by atoms with van der Waals surface area (Å²) in [6, 6.07) is 24.2. The van der Waals surface area contributed by atoms with Gasteiger partial charge in [-0.1, -0.05) is 23.5 Å². The Morgan fingerprint density at radius 3 is 1.86 bits per heavy atom. The zero-order valence-corrected chi connectivity index (χ0v) is 21.1. The second-order valence-electron chi connectivity index (χ2n) is 8.52. The van der Waals surface area contributed by atoms with Crippen LogP contribution in [-0.4, -0.2) is 13.1 Å². The monoisotopic (exact) mass is 504 g/mol. The van der Waals surface area contributed by atoms with Gasteiger partial charge in [0, 0.05) is 13.1 Å². The van der Waals surface area contributed by atoms with Gasteiger partial charge in [0.15, 0.2) is 5.69 Å². The summed E-state index contributed by atoms with van der Waals surface area (Å²) in [7, 11) is 0. The van der Waals surface area contributed by atoms with E-state index in [0.717, 1.165) is 40.7 Å². The second kappa shape index (κ2) is 11.5. The maximum absolute atomic E-state index is 7.00.